The van der Waals surface area contributed by atoms with E-state index in [2.05, 4.69) is 5.10 Å². The summed E-state index contributed by atoms with van der Waals surface area (Å²) in [7, 11) is 0. The van der Waals surface area contributed by atoms with Crippen LogP contribution in [0.15, 0.2) is 60.7 Å². The lowest BCUT2D eigenvalue weighted by Crippen LogP contribution is -2.37. The number of aryl methyl sites for hydroxylation is 1. The molecule has 0 aliphatic heterocycles. The highest BCUT2D eigenvalue weighted by atomic mass is 19.1. The fraction of sp³-hybridized carbons (Fsp3) is 0.200. The van der Waals surface area contributed by atoms with Crippen molar-refractivity contribution in [2.24, 2.45) is 5.73 Å². The molecule has 176 valence electrons. The zero-order chi connectivity index (χ0) is 24.7. The first-order chi connectivity index (χ1) is 16.3. The van der Waals surface area contributed by atoms with E-state index in [9.17, 15) is 18.8 Å². The van der Waals surface area contributed by atoms with Crippen molar-refractivity contribution in [1.82, 2.24) is 9.78 Å². The molecule has 0 aliphatic carbocycles. The van der Waals surface area contributed by atoms with Gasteiger partial charge in [0.1, 0.15) is 5.82 Å². The summed E-state index contributed by atoms with van der Waals surface area (Å²) in [4.78, 5) is 37.3. The second-order valence-electron chi connectivity index (χ2n) is 7.51. The maximum atomic E-state index is 13.2. The molecule has 0 aliphatic rings. The number of nitrogens with two attached hydrogens (primary N) is 1. The first kappa shape index (κ1) is 24.4. The molecule has 0 saturated carbocycles. The average molecular weight is 464 g/mol. The molecule has 2 amide bonds. The summed E-state index contributed by atoms with van der Waals surface area (Å²) in [6.45, 7) is 3.14. The molecule has 1 aromatic heterocycles. The summed E-state index contributed by atoms with van der Waals surface area (Å²) in [5.74, 6) is -2.35. The Kier molecular flexibility index (Phi) is 7.92. The Labute approximate surface area is 196 Å². The van der Waals surface area contributed by atoms with Crippen LogP contribution in [0.4, 0.5) is 10.1 Å². The Bertz CT molecular complexity index is 1200. The number of esters is 1. The number of primary amides is 1. The van der Waals surface area contributed by atoms with Gasteiger partial charge in [0.15, 0.2) is 6.61 Å². The summed E-state index contributed by atoms with van der Waals surface area (Å²) >= 11 is 0. The molecule has 3 rings (SSSR count). The van der Waals surface area contributed by atoms with Crippen LogP contribution in [-0.2, 0) is 19.1 Å². The molecule has 0 atom stereocenters. The van der Waals surface area contributed by atoms with Gasteiger partial charge in [-0.2, -0.15) is 5.10 Å². The second-order valence-corrected chi connectivity index (χ2v) is 7.51. The van der Waals surface area contributed by atoms with E-state index in [0.717, 1.165) is 22.6 Å². The van der Waals surface area contributed by atoms with Crippen LogP contribution in [0.1, 0.15) is 23.4 Å². The topological polar surface area (TPSA) is 108 Å². The molecule has 0 saturated heterocycles. The van der Waals surface area contributed by atoms with Gasteiger partial charge in [0.25, 0.3) is 5.91 Å². The molecule has 8 nitrogen and oxygen atoms in total. The Morgan fingerprint density at radius 1 is 1.09 bits per heavy atom. The first-order valence-electron chi connectivity index (χ1n) is 10.6. The molecule has 0 spiro atoms. The summed E-state index contributed by atoms with van der Waals surface area (Å²) in [5, 5.41) is 4.52. The number of para-hydroxylation sites is 1. The molecule has 2 aromatic carbocycles. The van der Waals surface area contributed by atoms with E-state index in [4.69, 9.17) is 10.5 Å². The van der Waals surface area contributed by atoms with Gasteiger partial charge in [-0.3, -0.25) is 9.59 Å². The second kappa shape index (κ2) is 11.0. The van der Waals surface area contributed by atoms with Crippen LogP contribution in [0.5, 0.6) is 0 Å². The number of hydrogen-bond acceptors (Lipinski definition) is 5. The molecule has 0 bridgehead atoms. The molecule has 1 heterocycles. The van der Waals surface area contributed by atoms with Crippen molar-refractivity contribution in [2.75, 3.05) is 18.1 Å². The summed E-state index contributed by atoms with van der Waals surface area (Å²) in [6.07, 6.45) is 2.72. The van der Waals surface area contributed by atoms with Crippen molar-refractivity contribution in [3.05, 3.63) is 83.4 Å². The number of anilines is 1. The zero-order valence-electron chi connectivity index (χ0n) is 18.9. The predicted molar refractivity (Wildman–Crippen MR) is 126 cm³/mol. The summed E-state index contributed by atoms with van der Waals surface area (Å²) < 4.78 is 20.1. The van der Waals surface area contributed by atoms with E-state index in [1.165, 1.54) is 35.2 Å². The normalized spacial score (nSPS) is 10.9. The fourth-order valence-corrected chi connectivity index (χ4v) is 3.37. The van der Waals surface area contributed by atoms with Crippen molar-refractivity contribution in [3.8, 4) is 5.69 Å². The number of aromatic nitrogens is 2. The summed E-state index contributed by atoms with van der Waals surface area (Å²) in [6, 6.07) is 14.8. The van der Waals surface area contributed by atoms with Gasteiger partial charge in [-0.15, -0.1) is 0 Å². The fourth-order valence-electron chi connectivity index (χ4n) is 3.37. The SMILES string of the molecule is Cc1nn(-c2ccccc2)c(C)c1/C=C/C(=O)OCC(=O)N(CCC(N)=O)c1ccc(F)cc1. The van der Waals surface area contributed by atoms with Gasteiger partial charge in [-0.25, -0.2) is 13.9 Å². The number of nitrogens with zero attached hydrogens (tertiary/aromatic N) is 3. The monoisotopic (exact) mass is 464 g/mol. The highest BCUT2D eigenvalue weighted by Crippen LogP contribution is 2.19. The molecule has 0 fully saturated rings. The van der Waals surface area contributed by atoms with Crippen molar-refractivity contribution in [1.29, 1.82) is 0 Å². The minimum atomic E-state index is -0.714. The van der Waals surface area contributed by atoms with Crippen LogP contribution >= 0.6 is 0 Å². The Morgan fingerprint density at radius 2 is 1.76 bits per heavy atom. The van der Waals surface area contributed by atoms with Crippen LogP contribution in [0.25, 0.3) is 11.8 Å². The van der Waals surface area contributed by atoms with Gasteiger partial charge < -0.3 is 15.4 Å². The van der Waals surface area contributed by atoms with Crippen molar-refractivity contribution < 1.29 is 23.5 Å². The first-order valence-corrected chi connectivity index (χ1v) is 10.6. The Morgan fingerprint density at radius 3 is 2.41 bits per heavy atom. The molecular formula is C25H25FN4O4. The maximum Gasteiger partial charge on any atom is 0.331 e. The number of carbonyl (C=O) groups excluding carboxylic acids is 3. The minimum absolute atomic E-state index is 0.0236. The van der Waals surface area contributed by atoms with E-state index >= 15 is 0 Å². The van der Waals surface area contributed by atoms with Gasteiger partial charge in [0.05, 0.1) is 11.4 Å². The summed E-state index contributed by atoms with van der Waals surface area (Å²) in [5.41, 5.74) is 8.78. The maximum absolute atomic E-state index is 13.2. The molecule has 0 unspecified atom stereocenters. The van der Waals surface area contributed by atoms with E-state index < -0.39 is 30.2 Å². The molecule has 34 heavy (non-hydrogen) atoms. The van der Waals surface area contributed by atoms with Crippen LogP contribution in [0.3, 0.4) is 0 Å². The molecule has 2 N–H and O–H groups in total. The number of amides is 2. The van der Waals surface area contributed by atoms with E-state index in [1.807, 2.05) is 44.2 Å². The third-order valence-electron chi connectivity index (χ3n) is 5.09. The molecular weight excluding hydrogens is 439 g/mol. The van der Waals surface area contributed by atoms with Gasteiger partial charge >= 0.3 is 5.97 Å². The largest absolute Gasteiger partial charge is 0.452 e. The lowest BCUT2D eigenvalue weighted by Gasteiger charge is -2.22. The Hall–Kier alpha value is -4.27. The minimum Gasteiger partial charge on any atom is -0.452 e. The molecule has 9 heteroatoms. The zero-order valence-corrected chi connectivity index (χ0v) is 18.9. The lowest BCUT2D eigenvalue weighted by molar-refractivity contribution is -0.143. The Balaban J connectivity index is 1.66. The molecule has 3 aromatic rings. The van der Waals surface area contributed by atoms with Crippen LogP contribution in [0.2, 0.25) is 0 Å². The van der Waals surface area contributed by atoms with Gasteiger partial charge in [-0.05, 0) is 56.3 Å². The number of carbonyl (C=O) groups is 3. The van der Waals surface area contributed by atoms with Crippen molar-refractivity contribution in [2.45, 2.75) is 20.3 Å². The average Bonchev–Trinajstić information content (AvgIpc) is 3.11. The van der Waals surface area contributed by atoms with Crippen molar-refractivity contribution >= 4 is 29.5 Å². The lowest BCUT2D eigenvalue weighted by atomic mass is 10.2. The number of hydrogen-bond donors (Lipinski definition) is 1. The number of halogens is 1. The van der Waals surface area contributed by atoms with Gasteiger partial charge in [0.2, 0.25) is 5.91 Å². The smallest absolute Gasteiger partial charge is 0.331 e. The highest BCUT2D eigenvalue weighted by molar-refractivity contribution is 5.97. The predicted octanol–water partition coefficient (Wildman–Crippen LogP) is 3.09. The third-order valence-corrected chi connectivity index (χ3v) is 5.09. The van der Waals surface area contributed by atoms with E-state index in [-0.39, 0.29) is 13.0 Å². The van der Waals surface area contributed by atoms with E-state index in [0.29, 0.717) is 5.69 Å². The van der Waals surface area contributed by atoms with Crippen LogP contribution < -0.4 is 10.6 Å². The number of ether oxygens (including phenoxy) is 1. The van der Waals surface area contributed by atoms with Gasteiger partial charge in [-0.1, -0.05) is 18.2 Å². The quantitative estimate of drug-likeness (QED) is 0.387. The third kappa shape index (κ3) is 6.16. The van der Waals surface area contributed by atoms with Crippen molar-refractivity contribution in [3.63, 3.8) is 0 Å². The number of benzene rings is 2. The number of rotatable bonds is 9. The highest BCUT2D eigenvalue weighted by Gasteiger charge is 2.18. The standard InChI is InChI=1S/C25H25FN4O4/c1-17-22(18(2)30(28-17)21-6-4-3-5-7-21)12-13-25(33)34-16-24(32)29(15-14-23(27)31)20-10-8-19(26)9-11-20/h3-13H,14-16H2,1-2H3,(H2,27,31)/b13-12+. The van der Waals surface area contributed by atoms with Crippen LogP contribution in [0, 0.1) is 19.7 Å². The molecule has 0 radical (unpaired) electrons. The van der Waals surface area contributed by atoms with Gasteiger partial charge in [0, 0.05) is 36.0 Å². The van der Waals surface area contributed by atoms with Crippen LogP contribution in [-0.4, -0.2) is 40.7 Å². The van der Waals surface area contributed by atoms with E-state index in [1.54, 1.807) is 10.8 Å².